The average Bonchev–Trinajstić information content (AvgIpc) is 2.40. The Hall–Kier alpha value is -0.570. The zero-order chi connectivity index (χ0) is 7.40. The minimum atomic E-state index is 0.377. The minimum absolute atomic E-state index is 0.377. The zero-order valence-corrected chi connectivity index (χ0v) is 6.39. The number of methoxy groups -OCH3 is 1. The summed E-state index contributed by atoms with van der Waals surface area (Å²) in [4.78, 5) is 2.24. The third-order valence-corrected chi connectivity index (χ3v) is 1.81. The molecule has 1 aliphatic heterocycles. The highest BCUT2D eigenvalue weighted by Gasteiger charge is 2.12. The summed E-state index contributed by atoms with van der Waals surface area (Å²) in [5.41, 5.74) is 0. The molecule has 58 valence electrons. The third-order valence-electron chi connectivity index (χ3n) is 1.81. The first kappa shape index (κ1) is 7.54. The molecule has 0 aromatic rings. The van der Waals surface area contributed by atoms with Gasteiger partial charge in [-0.2, -0.15) is 0 Å². The predicted octanol–water partition coefficient (Wildman–Crippen LogP) is 0.706. The quantitative estimate of drug-likeness (QED) is 0.455. The van der Waals surface area contributed by atoms with E-state index in [0.717, 1.165) is 13.1 Å². The van der Waals surface area contributed by atoms with E-state index in [1.807, 2.05) is 0 Å². The molecule has 0 amide bonds. The van der Waals surface area contributed by atoms with Gasteiger partial charge >= 0.3 is 0 Å². The van der Waals surface area contributed by atoms with Crippen molar-refractivity contribution in [3.63, 3.8) is 0 Å². The largest absolute Gasteiger partial charge is 0.484 e. The fourth-order valence-corrected chi connectivity index (χ4v) is 1.21. The van der Waals surface area contributed by atoms with Crippen LogP contribution < -0.4 is 0 Å². The average molecular weight is 142 g/mol. The van der Waals surface area contributed by atoms with Crippen molar-refractivity contribution in [2.75, 3.05) is 26.7 Å². The smallest absolute Gasteiger partial charge is 0.194 e. The van der Waals surface area contributed by atoms with E-state index in [2.05, 4.69) is 4.90 Å². The fraction of sp³-hybridized carbons (Fsp3) is 0.857. The van der Waals surface area contributed by atoms with Gasteiger partial charge in [-0.25, -0.2) is 0 Å². The molecule has 0 unspecified atom stereocenters. The summed E-state index contributed by atoms with van der Waals surface area (Å²) < 4.78 is 4.75. The third kappa shape index (κ3) is 1.99. The van der Waals surface area contributed by atoms with Crippen molar-refractivity contribution in [2.24, 2.45) is 0 Å². The second-order valence-electron chi connectivity index (χ2n) is 2.61. The highest BCUT2D eigenvalue weighted by molar-refractivity contribution is 5.74. The van der Waals surface area contributed by atoms with Gasteiger partial charge in [0.15, 0.2) is 5.90 Å². The molecular formula is C7H14N2O. The lowest BCUT2D eigenvalue weighted by Gasteiger charge is -2.13. The molecule has 1 fully saturated rings. The van der Waals surface area contributed by atoms with Gasteiger partial charge in [-0.05, 0) is 25.9 Å². The van der Waals surface area contributed by atoms with E-state index in [-0.39, 0.29) is 0 Å². The number of hydrogen-bond donors (Lipinski definition) is 1. The van der Waals surface area contributed by atoms with Crippen LogP contribution in [0, 0.1) is 5.41 Å². The van der Waals surface area contributed by atoms with Crippen LogP contribution in [0.4, 0.5) is 0 Å². The summed E-state index contributed by atoms with van der Waals surface area (Å²) in [7, 11) is 1.55. The van der Waals surface area contributed by atoms with Crippen LogP contribution in [0.3, 0.4) is 0 Å². The lowest BCUT2D eigenvalue weighted by Crippen LogP contribution is -2.27. The SMILES string of the molecule is COC(=N)CN1CCCC1. The summed E-state index contributed by atoms with van der Waals surface area (Å²) >= 11 is 0. The maximum absolute atomic E-state index is 7.24. The van der Waals surface area contributed by atoms with E-state index in [1.54, 1.807) is 7.11 Å². The highest BCUT2D eigenvalue weighted by atomic mass is 16.5. The number of nitrogens with one attached hydrogen (secondary N) is 1. The molecule has 1 rings (SSSR count). The maximum Gasteiger partial charge on any atom is 0.194 e. The van der Waals surface area contributed by atoms with Crippen LogP contribution in [0.25, 0.3) is 0 Å². The molecule has 0 bridgehead atoms. The minimum Gasteiger partial charge on any atom is -0.484 e. The highest BCUT2D eigenvalue weighted by Crippen LogP contribution is 2.06. The van der Waals surface area contributed by atoms with Gasteiger partial charge in [0, 0.05) is 0 Å². The monoisotopic (exact) mass is 142 g/mol. The second-order valence-corrected chi connectivity index (χ2v) is 2.61. The van der Waals surface area contributed by atoms with Crippen molar-refractivity contribution in [1.29, 1.82) is 5.41 Å². The lowest BCUT2D eigenvalue weighted by atomic mass is 10.4. The van der Waals surface area contributed by atoms with E-state index >= 15 is 0 Å². The van der Waals surface area contributed by atoms with E-state index in [0.29, 0.717) is 12.4 Å². The van der Waals surface area contributed by atoms with Gasteiger partial charge in [0.2, 0.25) is 0 Å². The number of likely N-dealkylation sites (tertiary alicyclic amines) is 1. The Morgan fingerprint density at radius 1 is 1.50 bits per heavy atom. The summed E-state index contributed by atoms with van der Waals surface area (Å²) in [6.07, 6.45) is 2.55. The van der Waals surface area contributed by atoms with Gasteiger partial charge in [0.05, 0.1) is 13.7 Å². The van der Waals surface area contributed by atoms with Crippen molar-refractivity contribution < 1.29 is 4.74 Å². The molecule has 0 spiro atoms. The van der Waals surface area contributed by atoms with Crippen molar-refractivity contribution in [1.82, 2.24) is 4.90 Å². The van der Waals surface area contributed by atoms with Crippen molar-refractivity contribution in [2.45, 2.75) is 12.8 Å². The van der Waals surface area contributed by atoms with Gasteiger partial charge < -0.3 is 4.74 Å². The number of rotatable bonds is 2. The molecule has 1 N–H and O–H groups in total. The standard InChI is InChI=1S/C7H14N2O/c1-10-7(8)6-9-4-2-3-5-9/h8H,2-6H2,1H3. The van der Waals surface area contributed by atoms with Crippen molar-refractivity contribution in [3.8, 4) is 0 Å². The summed E-state index contributed by atoms with van der Waals surface area (Å²) in [6.45, 7) is 2.95. The molecule has 1 saturated heterocycles. The Labute approximate surface area is 61.5 Å². The van der Waals surface area contributed by atoms with Crippen LogP contribution >= 0.6 is 0 Å². The summed E-state index contributed by atoms with van der Waals surface area (Å²) in [5, 5.41) is 7.24. The van der Waals surface area contributed by atoms with Crippen LogP contribution in [0.15, 0.2) is 0 Å². The van der Waals surface area contributed by atoms with E-state index in [1.165, 1.54) is 12.8 Å². The van der Waals surface area contributed by atoms with E-state index < -0.39 is 0 Å². The number of ether oxygens (including phenoxy) is 1. The molecule has 3 nitrogen and oxygen atoms in total. The topological polar surface area (TPSA) is 36.3 Å². The van der Waals surface area contributed by atoms with Crippen LogP contribution in [0.5, 0.6) is 0 Å². The first-order valence-corrected chi connectivity index (χ1v) is 3.66. The molecule has 0 aromatic heterocycles. The van der Waals surface area contributed by atoms with Gasteiger partial charge in [-0.3, -0.25) is 10.3 Å². The second kappa shape index (κ2) is 3.56. The van der Waals surface area contributed by atoms with Gasteiger partial charge in [0.25, 0.3) is 0 Å². The molecule has 0 aliphatic carbocycles. The van der Waals surface area contributed by atoms with Crippen LogP contribution in [0.1, 0.15) is 12.8 Å². The van der Waals surface area contributed by atoms with Crippen molar-refractivity contribution in [3.05, 3.63) is 0 Å². The summed E-state index contributed by atoms with van der Waals surface area (Å²) in [5.74, 6) is 0.377. The van der Waals surface area contributed by atoms with Crippen LogP contribution in [-0.4, -0.2) is 37.5 Å². The first-order valence-electron chi connectivity index (χ1n) is 3.66. The Kier molecular flexibility index (Phi) is 2.68. The molecule has 0 atom stereocenters. The molecule has 10 heavy (non-hydrogen) atoms. The predicted molar refractivity (Wildman–Crippen MR) is 40.4 cm³/mol. The molecular weight excluding hydrogens is 128 g/mol. The Bertz CT molecular complexity index is 119. The Morgan fingerprint density at radius 3 is 2.60 bits per heavy atom. The maximum atomic E-state index is 7.24. The van der Waals surface area contributed by atoms with Gasteiger partial charge in [-0.1, -0.05) is 0 Å². The van der Waals surface area contributed by atoms with Gasteiger partial charge in [0.1, 0.15) is 0 Å². The molecule has 0 radical (unpaired) electrons. The van der Waals surface area contributed by atoms with Crippen LogP contribution in [-0.2, 0) is 4.74 Å². The molecule has 1 heterocycles. The lowest BCUT2D eigenvalue weighted by molar-refractivity contribution is 0.324. The molecule has 0 saturated carbocycles. The van der Waals surface area contributed by atoms with Gasteiger partial charge in [-0.15, -0.1) is 0 Å². The zero-order valence-electron chi connectivity index (χ0n) is 6.39. The van der Waals surface area contributed by atoms with E-state index in [9.17, 15) is 0 Å². The Morgan fingerprint density at radius 2 is 2.10 bits per heavy atom. The number of hydrogen-bond acceptors (Lipinski definition) is 3. The number of nitrogens with zero attached hydrogens (tertiary/aromatic N) is 1. The fourth-order valence-electron chi connectivity index (χ4n) is 1.21. The summed E-state index contributed by atoms with van der Waals surface area (Å²) in [6, 6.07) is 0. The Balaban J connectivity index is 2.17. The molecule has 0 aromatic carbocycles. The normalized spacial score (nSPS) is 19.3. The van der Waals surface area contributed by atoms with Crippen LogP contribution in [0.2, 0.25) is 0 Å². The van der Waals surface area contributed by atoms with E-state index in [4.69, 9.17) is 10.1 Å². The molecule has 1 aliphatic rings. The molecule has 3 heteroatoms. The van der Waals surface area contributed by atoms with Crippen molar-refractivity contribution >= 4 is 5.90 Å². The first-order chi connectivity index (χ1) is 4.83.